The Bertz CT molecular complexity index is 1890. The fraction of sp³-hybridized carbons (Fsp3) is 0.289. The van der Waals surface area contributed by atoms with Crippen LogP contribution in [-0.2, 0) is 29.2 Å². The van der Waals surface area contributed by atoms with Crippen molar-refractivity contribution in [3.05, 3.63) is 114 Å². The molecule has 0 saturated heterocycles. The quantitative estimate of drug-likeness (QED) is 0.0659. The predicted octanol–water partition coefficient (Wildman–Crippen LogP) is 10.1. The third kappa shape index (κ3) is 13.6. The molecule has 0 radical (unpaired) electrons. The molecule has 290 valence electrons. The molecule has 0 aliphatic heterocycles. The van der Waals surface area contributed by atoms with E-state index >= 15 is 0 Å². The summed E-state index contributed by atoms with van der Waals surface area (Å²) in [6.07, 6.45) is 2.07. The van der Waals surface area contributed by atoms with E-state index in [4.69, 9.17) is 42.9 Å². The Morgan fingerprint density at radius 3 is 1.67 bits per heavy atom. The molecule has 4 aromatic carbocycles. The molecule has 0 fully saturated rings. The smallest absolute Gasteiger partial charge is 0.322 e. The van der Waals surface area contributed by atoms with Crippen molar-refractivity contribution in [1.82, 2.24) is 5.32 Å². The number of carbonyl (C=O) groups is 3. The maximum Gasteiger partial charge on any atom is 0.322 e. The van der Waals surface area contributed by atoms with Crippen LogP contribution in [0, 0.1) is 11.6 Å². The van der Waals surface area contributed by atoms with Crippen LogP contribution in [0.2, 0.25) is 10.0 Å². The van der Waals surface area contributed by atoms with Crippen LogP contribution in [0.4, 0.5) is 20.2 Å². The van der Waals surface area contributed by atoms with E-state index in [1.807, 2.05) is 13.8 Å². The molecule has 0 heterocycles. The number of benzene rings is 4. The fourth-order valence-electron chi connectivity index (χ4n) is 4.71. The molecule has 4 rings (SSSR count). The van der Waals surface area contributed by atoms with Gasteiger partial charge in [-0.1, -0.05) is 61.3 Å². The van der Waals surface area contributed by atoms with Gasteiger partial charge in [0.1, 0.15) is 25.5 Å². The minimum atomic E-state index is -1.14. The van der Waals surface area contributed by atoms with Crippen LogP contribution in [-0.4, -0.2) is 47.7 Å². The van der Waals surface area contributed by atoms with E-state index in [0.29, 0.717) is 62.3 Å². The fourth-order valence-corrected chi connectivity index (χ4v) is 6.76. The van der Waals surface area contributed by atoms with Gasteiger partial charge in [0.2, 0.25) is 0 Å². The van der Waals surface area contributed by atoms with Crippen LogP contribution >= 0.6 is 55.1 Å². The lowest BCUT2D eigenvalue weighted by Crippen LogP contribution is -2.29. The van der Waals surface area contributed by atoms with Crippen LogP contribution < -0.4 is 25.4 Å². The highest BCUT2D eigenvalue weighted by Gasteiger charge is 2.17. The number of hydrogen-bond donors (Lipinski definition) is 5. The lowest BCUT2D eigenvalue weighted by atomic mass is 10.1. The molecule has 16 heteroatoms. The molecular formula is C38H39Br2Cl2F2N3O7. The van der Waals surface area contributed by atoms with Crippen molar-refractivity contribution in [2.75, 3.05) is 30.3 Å². The van der Waals surface area contributed by atoms with Gasteiger partial charge in [-0.15, -0.1) is 0 Å². The van der Waals surface area contributed by atoms with Gasteiger partial charge in [-0.05, 0) is 93.1 Å². The molecule has 0 saturated carbocycles. The maximum absolute atomic E-state index is 14.6. The Labute approximate surface area is 338 Å². The minimum Gasteiger partial charge on any atom is -0.486 e. The summed E-state index contributed by atoms with van der Waals surface area (Å²) < 4.78 is 41.3. The Morgan fingerprint density at radius 2 is 1.22 bits per heavy atom. The monoisotopic (exact) mass is 915 g/mol. The van der Waals surface area contributed by atoms with Crippen LogP contribution in [0.1, 0.15) is 60.2 Å². The van der Waals surface area contributed by atoms with Crippen LogP contribution in [0.5, 0.6) is 11.5 Å². The summed E-state index contributed by atoms with van der Waals surface area (Å²) in [6, 6.07) is 16.4. The summed E-state index contributed by atoms with van der Waals surface area (Å²) in [7, 11) is 0. The van der Waals surface area contributed by atoms with Gasteiger partial charge in [0.15, 0.2) is 17.4 Å². The lowest BCUT2D eigenvalue weighted by molar-refractivity contribution is -0.137. The number of carboxylic acid groups (broad SMARTS) is 2. The first-order valence-electron chi connectivity index (χ1n) is 16.7. The van der Waals surface area contributed by atoms with Crippen molar-refractivity contribution in [2.24, 2.45) is 0 Å². The molecule has 0 unspecified atom stereocenters. The number of halogens is 6. The van der Waals surface area contributed by atoms with Crippen LogP contribution in [0.3, 0.4) is 0 Å². The second-order valence-corrected chi connectivity index (χ2v) is 14.1. The number of rotatable bonds is 18. The van der Waals surface area contributed by atoms with Crippen molar-refractivity contribution < 1.29 is 42.9 Å². The van der Waals surface area contributed by atoms with E-state index in [1.54, 1.807) is 48.5 Å². The van der Waals surface area contributed by atoms with Gasteiger partial charge in [-0.2, -0.15) is 0 Å². The van der Waals surface area contributed by atoms with Gasteiger partial charge in [0, 0.05) is 36.2 Å². The van der Waals surface area contributed by atoms with Gasteiger partial charge in [0.25, 0.3) is 5.91 Å². The topological polar surface area (TPSA) is 146 Å². The molecule has 10 nitrogen and oxygen atoms in total. The summed E-state index contributed by atoms with van der Waals surface area (Å²) in [5.74, 6) is -2.65. The van der Waals surface area contributed by atoms with E-state index in [-0.39, 0.29) is 52.6 Å². The van der Waals surface area contributed by atoms with E-state index in [1.165, 1.54) is 12.1 Å². The molecule has 0 atom stereocenters. The highest BCUT2D eigenvalue weighted by Crippen LogP contribution is 2.37. The number of aliphatic carboxylic acids is 2. The maximum atomic E-state index is 14.6. The highest BCUT2D eigenvalue weighted by atomic mass is 79.9. The zero-order chi connectivity index (χ0) is 39.8. The zero-order valence-corrected chi connectivity index (χ0v) is 34.0. The van der Waals surface area contributed by atoms with Gasteiger partial charge in [-0.3, -0.25) is 14.4 Å². The summed E-state index contributed by atoms with van der Waals surface area (Å²) in [4.78, 5) is 33.2. The number of amides is 1. The summed E-state index contributed by atoms with van der Waals surface area (Å²) in [6.45, 7) is 4.84. The van der Waals surface area contributed by atoms with E-state index in [9.17, 15) is 23.2 Å². The zero-order valence-electron chi connectivity index (χ0n) is 29.3. The molecule has 54 heavy (non-hydrogen) atoms. The molecule has 1 amide bonds. The van der Waals surface area contributed by atoms with Crippen LogP contribution in [0.15, 0.2) is 69.6 Å². The standard InChI is InChI=1S/C19H19Br2FN2O4.C19H20Cl2FNO3/c1-2-6-23-15-5-3-4-11(17(15)22)10-28-18-13(20)7-12(8-14(18)21)19(27)24-9-16(25)26;1-2-8-23-16-5-3-4-13(18(16)22)11-26-19-14(20)9-12(10-15(19)21)6-7-17(24)25/h3-5,7-8,23H,2,6,9-10H2,1H3,(H,24,27)(H,25,26);3-5,9-10,23H,2,6-8,11H2,1H3,(H,24,25). The second-order valence-electron chi connectivity index (χ2n) is 11.6. The average molecular weight is 918 g/mol. The van der Waals surface area contributed by atoms with Crippen molar-refractivity contribution in [3.8, 4) is 11.5 Å². The molecule has 4 aromatic rings. The Balaban J connectivity index is 0.000000291. The number of carbonyl (C=O) groups excluding carboxylic acids is 1. The summed E-state index contributed by atoms with van der Waals surface area (Å²) in [5.41, 5.74) is 2.58. The molecule has 0 bridgehead atoms. The van der Waals surface area contributed by atoms with Crippen molar-refractivity contribution >= 4 is 84.3 Å². The molecule has 0 spiro atoms. The minimum absolute atomic E-state index is 0.00473. The second kappa shape index (κ2) is 22.3. The largest absolute Gasteiger partial charge is 0.486 e. The number of carboxylic acids is 2. The van der Waals surface area contributed by atoms with Gasteiger partial charge < -0.3 is 35.6 Å². The van der Waals surface area contributed by atoms with E-state index in [2.05, 4.69) is 47.8 Å². The highest BCUT2D eigenvalue weighted by molar-refractivity contribution is 9.11. The number of anilines is 2. The predicted molar refractivity (Wildman–Crippen MR) is 213 cm³/mol. The number of ether oxygens (including phenoxy) is 2. The molecule has 0 aromatic heterocycles. The van der Waals surface area contributed by atoms with Crippen molar-refractivity contribution in [2.45, 2.75) is 52.7 Å². The summed E-state index contributed by atoms with van der Waals surface area (Å²) in [5, 5.41) is 26.3. The SMILES string of the molecule is CCCNc1cccc(COc2c(Br)cc(C(=O)NCC(=O)O)cc2Br)c1F.CCCNc1cccc(COc2c(Cl)cc(CCC(=O)O)cc2Cl)c1F. The van der Waals surface area contributed by atoms with Gasteiger partial charge in [0.05, 0.1) is 30.4 Å². The van der Waals surface area contributed by atoms with Crippen LogP contribution in [0.25, 0.3) is 0 Å². The number of nitrogens with one attached hydrogen (secondary N) is 3. The lowest BCUT2D eigenvalue weighted by Gasteiger charge is -2.14. The van der Waals surface area contributed by atoms with Gasteiger partial charge in [-0.25, -0.2) is 8.78 Å². The molecular weight excluding hydrogens is 879 g/mol. The normalized spacial score (nSPS) is 10.5. The Hall–Kier alpha value is -4.11. The first-order chi connectivity index (χ1) is 25.7. The average Bonchev–Trinajstić information content (AvgIpc) is 3.12. The Kier molecular flexibility index (Phi) is 18.3. The molecule has 5 N–H and O–H groups in total. The number of hydrogen-bond acceptors (Lipinski definition) is 7. The summed E-state index contributed by atoms with van der Waals surface area (Å²) >= 11 is 19.0. The first kappa shape index (κ1) is 44.3. The van der Waals surface area contributed by atoms with Crippen molar-refractivity contribution in [3.63, 3.8) is 0 Å². The molecule has 0 aliphatic carbocycles. The van der Waals surface area contributed by atoms with E-state index in [0.717, 1.165) is 12.8 Å². The third-order valence-corrected chi connectivity index (χ3v) is 9.12. The van der Waals surface area contributed by atoms with Crippen molar-refractivity contribution in [1.29, 1.82) is 0 Å². The molecule has 0 aliphatic rings. The van der Waals surface area contributed by atoms with Gasteiger partial charge >= 0.3 is 11.9 Å². The number of aryl methyl sites for hydroxylation is 1. The third-order valence-electron chi connectivity index (χ3n) is 7.38. The van der Waals surface area contributed by atoms with E-state index < -0.39 is 24.4 Å². The first-order valence-corrected chi connectivity index (χ1v) is 19.1. The Morgan fingerprint density at radius 1 is 0.741 bits per heavy atom.